The van der Waals surface area contributed by atoms with Crippen LogP contribution in [0.15, 0.2) is 0 Å². The summed E-state index contributed by atoms with van der Waals surface area (Å²) in [5, 5.41) is 3.05. The van der Waals surface area contributed by atoms with Crippen LogP contribution in [0.25, 0.3) is 0 Å². The minimum Gasteiger partial charge on any atom is -0.444 e. The second-order valence-corrected chi connectivity index (χ2v) is 6.93. The van der Waals surface area contributed by atoms with Crippen LogP contribution >= 0.6 is 0 Å². The highest BCUT2D eigenvalue weighted by atomic mass is 16.6. The minimum atomic E-state index is -0.522. The zero-order chi connectivity index (χ0) is 14.8. The average molecular weight is 282 g/mol. The van der Waals surface area contributed by atoms with E-state index in [0.717, 1.165) is 12.8 Å². The molecule has 5 heteroatoms. The van der Waals surface area contributed by atoms with Crippen molar-refractivity contribution in [1.29, 1.82) is 0 Å². The van der Waals surface area contributed by atoms with Crippen molar-refractivity contribution in [1.82, 2.24) is 10.2 Å². The summed E-state index contributed by atoms with van der Waals surface area (Å²) in [7, 11) is 0. The molecule has 5 nitrogen and oxygen atoms in total. The van der Waals surface area contributed by atoms with Crippen LogP contribution in [0.4, 0.5) is 4.79 Å². The standard InChI is InChI=1S/C15H26N2O3/c1-15(2,3)20-14(19)17-9-12(16-13(18)10-17)11-7-5-4-6-8-11/h11-12H,4-10H2,1-3H3,(H,16,18)/t12-/m0/s1. The van der Waals surface area contributed by atoms with E-state index in [-0.39, 0.29) is 24.6 Å². The number of rotatable bonds is 1. The molecule has 0 aromatic heterocycles. The van der Waals surface area contributed by atoms with Crippen LogP contribution in [0.5, 0.6) is 0 Å². The van der Waals surface area contributed by atoms with Crippen LogP contribution in [0.1, 0.15) is 52.9 Å². The zero-order valence-corrected chi connectivity index (χ0v) is 12.8. The van der Waals surface area contributed by atoms with Gasteiger partial charge in [-0.15, -0.1) is 0 Å². The second kappa shape index (κ2) is 6.02. The van der Waals surface area contributed by atoms with Crippen molar-refractivity contribution in [3.05, 3.63) is 0 Å². The lowest BCUT2D eigenvalue weighted by Crippen LogP contribution is -2.59. The van der Waals surface area contributed by atoms with E-state index in [2.05, 4.69) is 5.32 Å². The Morgan fingerprint density at radius 2 is 1.90 bits per heavy atom. The van der Waals surface area contributed by atoms with Crippen LogP contribution < -0.4 is 5.32 Å². The number of nitrogens with one attached hydrogen (secondary N) is 1. The molecule has 1 saturated heterocycles. The Bertz CT molecular complexity index is 370. The Hall–Kier alpha value is -1.26. The molecule has 2 fully saturated rings. The summed E-state index contributed by atoms with van der Waals surface area (Å²) in [5.74, 6) is 0.426. The molecule has 0 aromatic carbocycles. The fraction of sp³-hybridized carbons (Fsp3) is 0.867. The van der Waals surface area contributed by atoms with Gasteiger partial charge in [-0.3, -0.25) is 9.69 Å². The van der Waals surface area contributed by atoms with E-state index in [1.54, 1.807) is 4.90 Å². The van der Waals surface area contributed by atoms with E-state index in [0.29, 0.717) is 12.5 Å². The summed E-state index contributed by atoms with van der Waals surface area (Å²) in [6.07, 6.45) is 5.65. The lowest BCUT2D eigenvalue weighted by atomic mass is 9.83. The van der Waals surface area contributed by atoms with Crippen LogP contribution in [-0.2, 0) is 9.53 Å². The summed E-state index contributed by atoms with van der Waals surface area (Å²) in [5.41, 5.74) is -0.522. The van der Waals surface area contributed by atoms with Gasteiger partial charge in [-0.1, -0.05) is 19.3 Å². The molecule has 1 heterocycles. The lowest BCUT2D eigenvalue weighted by molar-refractivity contribution is -0.126. The normalized spacial score (nSPS) is 25.2. The summed E-state index contributed by atoms with van der Waals surface area (Å²) in [4.78, 5) is 25.5. The predicted octanol–water partition coefficient (Wildman–Crippen LogP) is 2.30. The first-order valence-electron chi connectivity index (χ1n) is 7.62. The maximum Gasteiger partial charge on any atom is 0.410 e. The molecule has 1 aliphatic carbocycles. The number of carbonyl (C=O) groups excluding carboxylic acids is 2. The summed E-state index contributed by atoms with van der Waals surface area (Å²) in [6, 6.07) is 0.0871. The molecule has 0 radical (unpaired) electrons. The number of hydrogen-bond donors (Lipinski definition) is 1. The third-order valence-electron chi connectivity index (χ3n) is 3.97. The number of hydrogen-bond acceptors (Lipinski definition) is 3. The molecule has 20 heavy (non-hydrogen) atoms. The van der Waals surface area contributed by atoms with Gasteiger partial charge in [0.15, 0.2) is 0 Å². The molecule has 0 aromatic rings. The topological polar surface area (TPSA) is 58.6 Å². The van der Waals surface area contributed by atoms with Gasteiger partial charge in [-0.2, -0.15) is 0 Å². The van der Waals surface area contributed by atoms with Gasteiger partial charge in [0.05, 0.1) is 0 Å². The molecule has 0 spiro atoms. The maximum atomic E-state index is 12.1. The van der Waals surface area contributed by atoms with Gasteiger partial charge < -0.3 is 10.1 Å². The van der Waals surface area contributed by atoms with Gasteiger partial charge in [-0.05, 0) is 39.5 Å². The second-order valence-electron chi connectivity index (χ2n) is 6.93. The van der Waals surface area contributed by atoms with Gasteiger partial charge in [0.2, 0.25) is 5.91 Å². The van der Waals surface area contributed by atoms with Crippen LogP contribution in [0.2, 0.25) is 0 Å². The molecule has 0 unspecified atom stereocenters. The molecular weight excluding hydrogens is 256 g/mol. The third-order valence-corrected chi connectivity index (χ3v) is 3.97. The lowest BCUT2D eigenvalue weighted by Gasteiger charge is -2.39. The van der Waals surface area contributed by atoms with Crippen molar-refractivity contribution in [3.63, 3.8) is 0 Å². The smallest absolute Gasteiger partial charge is 0.410 e. The van der Waals surface area contributed by atoms with Crippen molar-refractivity contribution in [2.75, 3.05) is 13.1 Å². The summed E-state index contributed by atoms with van der Waals surface area (Å²) >= 11 is 0. The Labute approximate surface area is 121 Å². The molecule has 1 N–H and O–H groups in total. The highest BCUT2D eigenvalue weighted by molar-refractivity contribution is 5.83. The van der Waals surface area contributed by atoms with Gasteiger partial charge in [-0.25, -0.2) is 4.79 Å². The SMILES string of the molecule is CC(C)(C)OC(=O)N1CC(=O)N[C@H](C2CCCCC2)C1. The number of carbonyl (C=O) groups is 2. The third kappa shape index (κ3) is 4.12. The van der Waals surface area contributed by atoms with Crippen molar-refractivity contribution in [2.24, 2.45) is 5.92 Å². The molecule has 1 saturated carbocycles. The first-order valence-corrected chi connectivity index (χ1v) is 7.62. The largest absolute Gasteiger partial charge is 0.444 e. The quantitative estimate of drug-likeness (QED) is 0.803. The number of nitrogens with zero attached hydrogens (tertiary/aromatic N) is 1. The molecule has 114 valence electrons. The summed E-state index contributed by atoms with van der Waals surface area (Å²) < 4.78 is 5.37. The molecule has 1 atom stereocenters. The molecular formula is C15H26N2O3. The monoisotopic (exact) mass is 282 g/mol. The first-order chi connectivity index (χ1) is 9.35. The van der Waals surface area contributed by atoms with Crippen LogP contribution in [0.3, 0.4) is 0 Å². The Kier molecular flexibility index (Phi) is 4.55. The van der Waals surface area contributed by atoms with Gasteiger partial charge >= 0.3 is 6.09 Å². The van der Waals surface area contributed by atoms with E-state index < -0.39 is 5.60 Å². The highest BCUT2D eigenvalue weighted by Gasteiger charge is 2.35. The predicted molar refractivity (Wildman–Crippen MR) is 76.3 cm³/mol. The fourth-order valence-corrected chi connectivity index (χ4v) is 3.04. The first kappa shape index (κ1) is 15.1. The molecule has 2 amide bonds. The van der Waals surface area contributed by atoms with E-state index in [9.17, 15) is 9.59 Å². The molecule has 2 aliphatic rings. The molecule has 2 rings (SSSR count). The minimum absolute atomic E-state index is 0.0716. The maximum absolute atomic E-state index is 12.1. The fourth-order valence-electron chi connectivity index (χ4n) is 3.04. The Morgan fingerprint density at radius 3 is 2.50 bits per heavy atom. The van der Waals surface area contributed by atoms with E-state index in [1.807, 2.05) is 20.8 Å². The van der Waals surface area contributed by atoms with Crippen LogP contribution in [0, 0.1) is 5.92 Å². The van der Waals surface area contributed by atoms with Gasteiger partial charge in [0.1, 0.15) is 12.1 Å². The molecule has 1 aliphatic heterocycles. The van der Waals surface area contributed by atoms with E-state index in [1.165, 1.54) is 19.3 Å². The van der Waals surface area contributed by atoms with Gasteiger partial charge in [0, 0.05) is 12.6 Å². The van der Waals surface area contributed by atoms with Crippen molar-refractivity contribution >= 4 is 12.0 Å². The zero-order valence-electron chi connectivity index (χ0n) is 12.8. The number of ether oxygens (including phenoxy) is 1. The van der Waals surface area contributed by atoms with E-state index in [4.69, 9.17) is 4.74 Å². The van der Waals surface area contributed by atoms with Crippen LogP contribution in [-0.4, -0.2) is 41.6 Å². The van der Waals surface area contributed by atoms with Crippen molar-refractivity contribution < 1.29 is 14.3 Å². The Balaban J connectivity index is 1.96. The average Bonchev–Trinajstić information content (AvgIpc) is 2.37. The van der Waals surface area contributed by atoms with Crippen molar-refractivity contribution in [3.8, 4) is 0 Å². The molecule has 0 bridgehead atoms. The van der Waals surface area contributed by atoms with Crippen molar-refractivity contribution in [2.45, 2.75) is 64.5 Å². The number of piperazine rings is 1. The summed E-state index contributed by atoms with van der Waals surface area (Å²) in [6.45, 7) is 6.21. The number of amides is 2. The Morgan fingerprint density at radius 1 is 1.25 bits per heavy atom. The van der Waals surface area contributed by atoms with Gasteiger partial charge in [0.25, 0.3) is 0 Å². The van der Waals surface area contributed by atoms with E-state index >= 15 is 0 Å². The highest BCUT2D eigenvalue weighted by Crippen LogP contribution is 2.28.